The molecule has 0 saturated carbocycles. The molecule has 1 heterocycles. The smallest absolute Gasteiger partial charge is 0.290 e. The molecule has 0 fully saturated rings. The summed E-state index contributed by atoms with van der Waals surface area (Å²) in [6, 6.07) is 3.22. The van der Waals surface area contributed by atoms with Crippen LogP contribution in [0.15, 0.2) is 17.1 Å². The van der Waals surface area contributed by atoms with Gasteiger partial charge in [0.05, 0.1) is 11.1 Å². The standard InChI is InChI=1S/C12H14N6O3/c1-3-7-4-8(6(2)19)10(20)9(5-7)11(16-21)13-12-14-17-18-15-12/h4-5,20-21H,3H2,1-2H3,(H2,13,14,15,16,17,18). The van der Waals surface area contributed by atoms with Gasteiger partial charge in [-0.3, -0.25) is 15.5 Å². The van der Waals surface area contributed by atoms with Gasteiger partial charge in [-0.1, -0.05) is 12.0 Å². The van der Waals surface area contributed by atoms with E-state index in [2.05, 4.69) is 25.6 Å². The Balaban J connectivity index is 2.60. The number of nitrogens with zero attached hydrogens (tertiary/aromatic N) is 4. The zero-order valence-corrected chi connectivity index (χ0v) is 11.5. The fourth-order valence-electron chi connectivity index (χ4n) is 1.80. The molecule has 21 heavy (non-hydrogen) atoms. The number of phenolic OH excluding ortho intramolecular Hbond substituents is 1. The van der Waals surface area contributed by atoms with Crippen LogP contribution in [-0.2, 0) is 6.42 Å². The highest BCUT2D eigenvalue weighted by Gasteiger charge is 2.17. The second kappa shape index (κ2) is 6.09. The predicted molar refractivity (Wildman–Crippen MR) is 72.8 cm³/mol. The molecule has 110 valence electrons. The van der Waals surface area contributed by atoms with E-state index in [0.717, 1.165) is 5.56 Å². The number of carbonyl (C=O) groups is 1. The van der Waals surface area contributed by atoms with Crippen molar-refractivity contribution >= 4 is 17.6 Å². The molecule has 0 radical (unpaired) electrons. The third-order valence-corrected chi connectivity index (χ3v) is 2.86. The molecule has 1 aromatic carbocycles. The lowest BCUT2D eigenvalue weighted by Gasteiger charge is -2.11. The number of aryl methyl sites for hydroxylation is 1. The Morgan fingerprint density at radius 2 is 2.14 bits per heavy atom. The fraction of sp³-hybridized carbons (Fsp3) is 0.250. The highest BCUT2D eigenvalue weighted by molar-refractivity contribution is 6.06. The highest BCUT2D eigenvalue weighted by atomic mass is 16.5. The number of benzene rings is 1. The van der Waals surface area contributed by atoms with Crippen molar-refractivity contribution in [3.8, 4) is 5.75 Å². The van der Waals surface area contributed by atoms with Crippen LogP contribution in [0.3, 0.4) is 0 Å². The van der Waals surface area contributed by atoms with Crippen LogP contribution in [-0.4, -0.2) is 42.6 Å². The van der Waals surface area contributed by atoms with Gasteiger partial charge in [0, 0.05) is 0 Å². The second-order valence-corrected chi connectivity index (χ2v) is 4.23. The minimum Gasteiger partial charge on any atom is -0.506 e. The summed E-state index contributed by atoms with van der Waals surface area (Å²) in [5.41, 5.74) is 3.01. The number of tetrazole rings is 1. The van der Waals surface area contributed by atoms with Crippen molar-refractivity contribution < 1.29 is 15.1 Å². The summed E-state index contributed by atoms with van der Waals surface area (Å²) in [7, 11) is 0. The maximum Gasteiger partial charge on any atom is 0.290 e. The van der Waals surface area contributed by atoms with Crippen LogP contribution in [0.1, 0.15) is 35.3 Å². The number of rotatable bonds is 4. The fourth-order valence-corrected chi connectivity index (χ4v) is 1.80. The van der Waals surface area contributed by atoms with Gasteiger partial charge in [0.15, 0.2) is 11.6 Å². The summed E-state index contributed by atoms with van der Waals surface area (Å²) in [6.07, 6.45) is 0.647. The molecular weight excluding hydrogens is 276 g/mol. The molecule has 9 nitrogen and oxygen atoms in total. The molecule has 0 saturated heterocycles. The monoisotopic (exact) mass is 290 g/mol. The topological polar surface area (TPSA) is 136 Å². The van der Waals surface area contributed by atoms with E-state index in [0.29, 0.717) is 6.42 Å². The van der Waals surface area contributed by atoms with Crippen LogP contribution >= 0.6 is 0 Å². The van der Waals surface area contributed by atoms with E-state index in [-0.39, 0.29) is 34.4 Å². The zero-order chi connectivity index (χ0) is 15.4. The lowest BCUT2D eigenvalue weighted by atomic mass is 9.99. The SMILES string of the molecule is CCc1cc(C(C)=O)c(O)c(/C(=N\c2nn[nH]n2)NO)c1. The summed E-state index contributed by atoms with van der Waals surface area (Å²) >= 11 is 0. The van der Waals surface area contributed by atoms with E-state index in [4.69, 9.17) is 0 Å². The molecule has 0 bridgehead atoms. The Bertz CT molecular complexity index is 681. The minimum absolute atomic E-state index is 0.0303. The Kier molecular flexibility index (Phi) is 4.24. The first kappa shape index (κ1) is 14.6. The number of hydrogen-bond acceptors (Lipinski definition) is 7. The van der Waals surface area contributed by atoms with E-state index in [1.54, 1.807) is 12.1 Å². The highest BCUT2D eigenvalue weighted by Crippen LogP contribution is 2.26. The number of aromatic hydroxyl groups is 1. The Morgan fingerprint density at radius 1 is 1.43 bits per heavy atom. The second-order valence-electron chi connectivity index (χ2n) is 4.23. The normalized spacial score (nSPS) is 11.5. The van der Waals surface area contributed by atoms with Crippen molar-refractivity contribution in [1.29, 1.82) is 0 Å². The number of ketones is 1. The number of aliphatic imine (C=N–C) groups is 1. The molecule has 2 aromatic rings. The summed E-state index contributed by atoms with van der Waals surface area (Å²) in [4.78, 5) is 15.5. The number of carbonyl (C=O) groups excluding carboxylic acids is 1. The van der Waals surface area contributed by atoms with Gasteiger partial charge in [-0.05, 0) is 36.3 Å². The first-order valence-corrected chi connectivity index (χ1v) is 6.16. The summed E-state index contributed by atoms with van der Waals surface area (Å²) in [5, 5.41) is 32.2. The third kappa shape index (κ3) is 3.03. The van der Waals surface area contributed by atoms with Gasteiger partial charge in [0.25, 0.3) is 5.95 Å². The molecule has 0 aliphatic rings. The third-order valence-electron chi connectivity index (χ3n) is 2.86. The number of H-pyrrole nitrogens is 1. The van der Waals surface area contributed by atoms with Crippen molar-refractivity contribution in [3.05, 3.63) is 28.8 Å². The molecule has 0 aliphatic carbocycles. The van der Waals surface area contributed by atoms with Crippen LogP contribution in [0.4, 0.5) is 5.95 Å². The van der Waals surface area contributed by atoms with E-state index >= 15 is 0 Å². The maximum atomic E-state index is 11.6. The lowest BCUT2D eigenvalue weighted by Crippen LogP contribution is -2.21. The maximum absolute atomic E-state index is 11.6. The van der Waals surface area contributed by atoms with Gasteiger partial charge in [-0.15, -0.1) is 5.10 Å². The van der Waals surface area contributed by atoms with Crippen LogP contribution in [0, 0.1) is 0 Å². The van der Waals surface area contributed by atoms with Gasteiger partial charge in [0.1, 0.15) is 5.75 Å². The van der Waals surface area contributed by atoms with Crippen molar-refractivity contribution in [2.45, 2.75) is 20.3 Å². The zero-order valence-electron chi connectivity index (χ0n) is 11.5. The van der Waals surface area contributed by atoms with Crippen LogP contribution in [0.2, 0.25) is 0 Å². The van der Waals surface area contributed by atoms with Gasteiger partial charge in [-0.25, -0.2) is 0 Å². The minimum atomic E-state index is -0.291. The van der Waals surface area contributed by atoms with Crippen molar-refractivity contribution in [2.24, 2.45) is 4.99 Å². The molecule has 0 aliphatic heterocycles. The predicted octanol–water partition coefficient (Wildman–Crippen LogP) is 0.727. The lowest BCUT2D eigenvalue weighted by molar-refractivity contribution is 0.101. The summed E-state index contributed by atoms with van der Waals surface area (Å²) in [6.45, 7) is 3.25. The largest absolute Gasteiger partial charge is 0.506 e. The van der Waals surface area contributed by atoms with Gasteiger partial charge >= 0.3 is 0 Å². The number of aromatic amines is 1. The van der Waals surface area contributed by atoms with Crippen molar-refractivity contribution in [3.63, 3.8) is 0 Å². The Morgan fingerprint density at radius 3 is 2.67 bits per heavy atom. The van der Waals surface area contributed by atoms with Gasteiger partial charge < -0.3 is 5.11 Å². The summed E-state index contributed by atoms with van der Waals surface area (Å²) < 4.78 is 0. The van der Waals surface area contributed by atoms with Crippen LogP contribution in [0.25, 0.3) is 0 Å². The van der Waals surface area contributed by atoms with Crippen molar-refractivity contribution in [1.82, 2.24) is 26.1 Å². The number of nitrogens with one attached hydrogen (secondary N) is 2. The average Bonchev–Trinajstić information content (AvgIpc) is 2.98. The van der Waals surface area contributed by atoms with E-state index in [1.807, 2.05) is 12.4 Å². The molecule has 1 aromatic heterocycles. The number of amidine groups is 1. The van der Waals surface area contributed by atoms with Gasteiger partial charge in [0.2, 0.25) is 0 Å². The molecule has 0 amide bonds. The Labute approximate surface area is 119 Å². The first-order valence-electron chi connectivity index (χ1n) is 6.16. The molecule has 4 N–H and O–H groups in total. The van der Waals surface area contributed by atoms with E-state index in [1.165, 1.54) is 6.92 Å². The Hall–Kier alpha value is -2.81. The number of Topliss-reactive ketones (excluding diaryl/α,β-unsaturated/α-hetero) is 1. The molecule has 2 rings (SSSR count). The summed E-state index contributed by atoms with van der Waals surface area (Å²) in [5.74, 6) is -0.687. The number of phenols is 1. The average molecular weight is 290 g/mol. The van der Waals surface area contributed by atoms with Crippen LogP contribution < -0.4 is 5.48 Å². The molecule has 0 spiro atoms. The first-order chi connectivity index (χ1) is 10.1. The van der Waals surface area contributed by atoms with Crippen molar-refractivity contribution in [2.75, 3.05) is 0 Å². The van der Waals surface area contributed by atoms with Crippen LogP contribution in [0.5, 0.6) is 5.75 Å². The van der Waals surface area contributed by atoms with E-state index < -0.39 is 0 Å². The quantitative estimate of drug-likeness (QED) is 0.282. The number of aromatic nitrogens is 4. The molecular formula is C12H14N6O3. The number of hydrogen-bond donors (Lipinski definition) is 4. The molecule has 0 atom stereocenters. The molecule has 0 unspecified atom stereocenters. The van der Waals surface area contributed by atoms with E-state index in [9.17, 15) is 15.1 Å². The van der Waals surface area contributed by atoms with Gasteiger partial charge in [-0.2, -0.15) is 10.2 Å². The molecule has 9 heteroatoms. The number of hydroxylamine groups is 1.